The standard InChI is InChI=1S/C32H32N6O3/c1-3-4-5-10-29-33-21(2)28(19-22-11-17-25(18-12-22)32(40)41)31(39)38(29)20-23-13-15-24(16-14-23)26-8-6-7-9-27(26)30-34-36-37-35-30/h6-9,11-18H,3-5,10,19-20H2,1-2H3,(H,40,41)(H,34,35,36,37). The van der Waals surface area contributed by atoms with Gasteiger partial charge < -0.3 is 5.11 Å². The maximum atomic E-state index is 13.9. The van der Waals surface area contributed by atoms with E-state index in [1.54, 1.807) is 28.8 Å². The summed E-state index contributed by atoms with van der Waals surface area (Å²) in [4.78, 5) is 30.0. The Labute approximate surface area is 237 Å². The van der Waals surface area contributed by atoms with Crippen LogP contribution in [0.3, 0.4) is 0 Å². The molecule has 9 heteroatoms. The van der Waals surface area contributed by atoms with Crippen LogP contribution in [-0.4, -0.2) is 41.3 Å². The number of nitrogens with one attached hydrogen (secondary N) is 1. The Hall–Kier alpha value is -4.92. The van der Waals surface area contributed by atoms with E-state index in [9.17, 15) is 14.7 Å². The number of unbranched alkanes of at least 4 members (excludes halogenated alkanes) is 2. The van der Waals surface area contributed by atoms with Crippen molar-refractivity contribution in [2.75, 3.05) is 0 Å². The van der Waals surface area contributed by atoms with Gasteiger partial charge in [-0.3, -0.25) is 9.36 Å². The van der Waals surface area contributed by atoms with E-state index < -0.39 is 5.97 Å². The highest BCUT2D eigenvalue weighted by Crippen LogP contribution is 2.30. The third-order valence-corrected chi connectivity index (χ3v) is 7.27. The third kappa shape index (κ3) is 6.30. The van der Waals surface area contributed by atoms with E-state index in [1.165, 1.54) is 0 Å². The van der Waals surface area contributed by atoms with E-state index in [-0.39, 0.29) is 11.1 Å². The molecule has 2 heterocycles. The summed E-state index contributed by atoms with van der Waals surface area (Å²) in [5.41, 5.74) is 6.29. The van der Waals surface area contributed by atoms with Gasteiger partial charge in [0, 0.05) is 29.7 Å². The predicted octanol–water partition coefficient (Wildman–Crippen LogP) is 5.47. The molecule has 0 unspecified atom stereocenters. The number of carbonyl (C=O) groups is 1. The van der Waals surface area contributed by atoms with E-state index in [0.29, 0.717) is 30.0 Å². The summed E-state index contributed by atoms with van der Waals surface area (Å²) in [7, 11) is 0. The minimum atomic E-state index is -0.974. The van der Waals surface area contributed by atoms with Crippen LogP contribution in [-0.2, 0) is 19.4 Å². The lowest BCUT2D eigenvalue weighted by Crippen LogP contribution is -2.30. The van der Waals surface area contributed by atoms with Crippen LogP contribution in [0.25, 0.3) is 22.5 Å². The van der Waals surface area contributed by atoms with Gasteiger partial charge in [-0.15, -0.1) is 5.10 Å². The fourth-order valence-corrected chi connectivity index (χ4v) is 5.00. The van der Waals surface area contributed by atoms with Crippen LogP contribution in [0.4, 0.5) is 0 Å². The lowest BCUT2D eigenvalue weighted by molar-refractivity contribution is 0.0697. The predicted molar refractivity (Wildman–Crippen MR) is 157 cm³/mol. The number of carboxylic acid groups (broad SMARTS) is 1. The van der Waals surface area contributed by atoms with Crippen LogP contribution < -0.4 is 5.56 Å². The van der Waals surface area contributed by atoms with Crippen molar-refractivity contribution in [2.45, 2.75) is 52.5 Å². The van der Waals surface area contributed by atoms with Crippen LogP contribution in [0.2, 0.25) is 0 Å². The summed E-state index contributed by atoms with van der Waals surface area (Å²) in [6.45, 7) is 4.45. The molecular formula is C32H32N6O3. The van der Waals surface area contributed by atoms with E-state index in [1.807, 2.05) is 55.5 Å². The Morgan fingerprint density at radius 1 is 0.927 bits per heavy atom. The number of hydrogen-bond donors (Lipinski definition) is 2. The number of aromatic carboxylic acids is 1. The second-order valence-corrected chi connectivity index (χ2v) is 10.1. The first kappa shape index (κ1) is 27.6. The molecule has 208 valence electrons. The zero-order chi connectivity index (χ0) is 28.8. The molecule has 0 fully saturated rings. The van der Waals surface area contributed by atoms with Gasteiger partial charge >= 0.3 is 5.97 Å². The Balaban J connectivity index is 1.46. The lowest BCUT2D eigenvalue weighted by atomic mass is 9.98. The number of nitrogens with zero attached hydrogens (tertiary/aromatic N) is 5. The van der Waals surface area contributed by atoms with E-state index in [4.69, 9.17) is 4.98 Å². The number of H-pyrrole nitrogens is 1. The summed E-state index contributed by atoms with van der Waals surface area (Å²) in [6.07, 6.45) is 4.24. The average Bonchev–Trinajstić information content (AvgIpc) is 3.53. The molecule has 0 aliphatic carbocycles. The Kier molecular flexibility index (Phi) is 8.43. The first-order valence-corrected chi connectivity index (χ1v) is 13.8. The first-order valence-electron chi connectivity index (χ1n) is 13.8. The first-order chi connectivity index (χ1) is 19.9. The van der Waals surface area contributed by atoms with Crippen LogP contribution in [0.15, 0.2) is 77.6 Å². The SMILES string of the molecule is CCCCCc1nc(C)c(Cc2ccc(C(=O)O)cc2)c(=O)n1Cc1ccc(-c2ccccc2-c2nnn[nH]2)cc1. The summed E-state index contributed by atoms with van der Waals surface area (Å²) >= 11 is 0. The molecule has 0 radical (unpaired) electrons. The summed E-state index contributed by atoms with van der Waals surface area (Å²) in [6, 6.07) is 22.8. The number of carboxylic acids is 1. The second-order valence-electron chi connectivity index (χ2n) is 10.1. The molecule has 2 aromatic heterocycles. The van der Waals surface area contributed by atoms with Crippen molar-refractivity contribution in [3.05, 3.63) is 117 Å². The Morgan fingerprint density at radius 2 is 1.63 bits per heavy atom. The van der Waals surface area contributed by atoms with Gasteiger partial charge in [-0.05, 0) is 58.2 Å². The van der Waals surface area contributed by atoms with Crippen molar-refractivity contribution >= 4 is 5.97 Å². The van der Waals surface area contributed by atoms with Gasteiger partial charge in [-0.25, -0.2) is 14.9 Å². The molecule has 9 nitrogen and oxygen atoms in total. The van der Waals surface area contributed by atoms with Gasteiger partial charge in [0.05, 0.1) is 12.1 Å². The smallest absolute Gasteiger partial charge is 0.335 e. The van der Waals surface area contributed by atoms with Gasteiger partial charge in [-0.2, -0.15) is 0 Å². The maximum absolute atomic E-state index is 13.9. The minimum Gasteiger partial charge on any atom is -0.478 e. The van der Waals surface area contributed by atoms with E-state index in [0.717, 1.165) is 59.3 Å². The number of rotatable bonds is 11. The quantitative estimate of drug-likeness (QED) is 0.210. The van der Waals surface area contributed by atoms with Crippen LogP contribution in [0.1, 0.15) is 64.8 Å². The largest absolute Gasteiger partial charge is 0.478 e. The average molecular weight is 549 g/mol. The monoisotopic (exact) mass is 548 g/mol. The molecule has 5 aromatic rings. The Morgan fingerprint density at radius 3 is 2.29 bits per heavy atom. The highest BCUT2D eigenvalue weighted by molar-refractivity contribution is 5.87. The molecule has 0 spiro atoms. The fourth-order valence-electron chi connectivity index (χ4n) is 5.00. The maximum Gasteiger partial charge on any atom is 0.335 e. The van der Waals surface area contributed by atoms with Gasteiger partial charge in [0.25, 0.3) is 5.56 Å². The lowest BCUT2D eigenvalue weighted by Gasteiger charge is -2.17. The summed E-state index contributed by atoms with van der Waals surface area (Å²) in [5, 5.41) is 23.5. The highest BCUT2D eigenvalue weighted by Gasteiger charge is 2.16. The molecule has 0 bridgehead atoms. The number of aryl methyl sites for hydroxylation is 2. The number of benzene rings is 3. The van der Waals surface area contributed by atoms with Crippen molar-refractivity contribution in [3.8, 4) is 22.5 Å². The topological polar surface area (TPSA) is 127 Å². The Bertz CT molecular complexity index is 1690. The van der Waals surface area contributed by atoms with Crippen molar-refractivity contribution in [1.29, 1.82) is 0 Å². The van der Waals surface area contributed by atoms with Gasteiger partial charge in [0.2, 0.25) is 0 Å². The molecule has 0 amide bonds. The van der Waals surface area contributed by atoms with Crippen LogP contribution >= 0.6 is 0 Å². The van der Waals surface area contributed by atoms with E-state index >= 15 is 0 Å². The molecule has 0 atom stereocenters. The molecule has 2 N–H and O–H groups in total. The summed E-state index contributed by atoms with van der Waals surface area (Å²) in [5.74, 6) is 0.416. The normalized spacial score (nSPS) is 11.1. The van der Waals surface area contributed by atoms with Gasteiger partial charge in [0.15, 0.2) is 5.82 Å². The molecular weight excluding hydrogens is 516 g/mol. The molecule has 5 rings (SSSR count). The van der Waals surface area contributed by atoms with Crippen LogP contribution in [0.5, 0.6) is 0 Å². The van der Waals surface area contributed by atoms with E-state index in [2.05, 4.69) is 27.5 Å². The molecule has 3 aromatic carbocycles. The van der Waals surface area contributed by atoms with Crippen molar-refractivity contribution in [1.82, 2.24) is 30.2 Å². The molecule has 0 aliphatic rings. The third-order valence-electron chi connectivity index (χ3n) is 7.27. The van der Waals surface area contributed by atoms with Crippen LogP contribution in [0, 0.1) is 6.92 Å². The number of hydrogen-bond acceptors (Lipinski definition) is 6. The fraction of sp³-hybridized carbons (Fsp3) is 0.250. The number of aromatic amines is 1. The zero-order valence-corrected chi connectivity index (χ0v) is 23.2. The molecule has 0 saturated carbocycles. The second kappa shape index (κ2) is 12.5. The number of tetrazole rings is 1. The number of aromatic nitrogens is 6. The molecule has 0 aliphatic heterocycles. The molecule has 0 saturated heterocycles. The highest BCUT2D eigenvalue weighted by atomic mass is 16.4. The van der Waals surface area contributed by atoms with Gasteiger partial charge in [-0.1, -0.05) is 80.4 Å². The van der Waals surface area contributed by atoms with Gasteiger partial charge in [0.1, 0.15) is 5.82 Å². The summed E-state index contributed by atoms with van der Waals surface area (Å²) < 4.78 is 1.80. The minimum absolute atomic E-state index is 0.0569. The van der Waals surface area contributed by atoms with Crippen molar-refractivity contribution < 1.29 is 9.90 Å². The van der Waals surface area contributed by atoms with Crippen molar-refractivity contribution in [3.63, 3.8) is 0 Å². The zero-order valence-electron chi connectivity index (χ0n) is 23.2. The van der Waals surface area contributed by atoms with Crippen molar-refractivity contribution in [2.24, 2.45) is 0 Å². The molecule has 41 heavy (non-hydrogen) atoms.